The number of rotatable bonds is 5. The summed E-state index contributed by atoms with van der Waals surface area (Å²) in [5, 5.41) is 0. The summed E-state index contributed by atoms with van der Waals surface area (Å²) in [6.07, 6.45) is 0. The van der Waals surface area contributed by atoms with Crippen LogP contribution in [0.1, 0.15) is 0 Å². The van der Waals surface area contributed by atoms with Crippen molar-refractivity contribution in [1.29, 1.82) is 0 Å². The molecule has 158 valence electrons. The summed E-state index contributed by atoms with van der Waals surface area (Å²) in [6.45, 7) is 3.60. The minimum Gasteiger partial charge on any atom is -0.495 e. The van der Waals surface area contributed by atoms with Gasteiger partial charge in [-0.15, -0.1) is 0 Å². The Labute approximate surface area is 175 Å². The van der Waals surface area contributed by atoms with Crippen LogP contribution in [0.3, 0.4) is 0 Å². The maximum Gasteiger partial charge on any atom is 0.325 e. The molecule has 0 bridgehead atoms. The smallest absolute Gasteiger partial charge is 0.325 e. The van der Waals surface area contributed by atoms with Crippen LogP contribution in [0, 0.1) is 5.82 Å². The first-order valence-corrected chi connectivity index (χ1v) is 10.0. The average molecular weight is 412 g/mol. The molecule has 2 aromatic carbocycles. The van der Waals surface area contributed by atoms with Gasteiger partial charge in [-0.25, -0.2) is 9.18 Å². The number of hydrogen-bond donors (Lipinski definition) is 0. The number of anilines is 2. The third-order valence-corrected chi connectivity index (χ3v) is 5.62. The Morgan fingerprint density at radius 2 is 1.67 bits per heavy atom. The minimum atomic E-state index is -0.259. The fourth-order valence-electron chi connectivity index (χ4n) is 3.93. The van der Waals surface area contributed by atoms with E-state index < -0.39 is 0 Å². The van der Waals surface area contributed by atoms with Crippen molar-refractivity contribution in [2.45, 2.75) is 0 Å². The highest BCUT2D eigenvalue weighted by Gasteiger charge is 2.33. The first-order valence-electron chi connectivity index (χ1n) is 10.0. The Morgan fingerprint density at radius 1 is 0.967 bits per heavy atom. The van der Waals surface area contributed by atoms with Crippen molar-refractivity contribution in [2.75, 3.05) is 62.7 Å². The van der Waals surface area contributed by atoms with Crippen LogP contribution in [-0.2, 0) is 4.79 Å². The molecule has 0 aromatic heterocycles. The molecule has 2 aliphatic rings. The van der Waals surface area contributed by atoms with Crippen molar-refractivity contribution >= 4 is 23.3 Å². The van der Waals surface area contributed by atoms with E-state index in [1.54, 1.807) is 33.9 Å². The molecule has 3 amide bonds. The van der Waals surface area contributed by atoms with E-state index in [0.29, 0.717) is 50.7 Å². The summed E-state index contributed by atoms with van der Waals surface area (Å²) >= 11 is 0. The van der Waals surface area contributed by atoms with Gasteiger partial charge in [-0.1, -0.05) is 12.1 Å². The Balaban J connectivity index is 1.32. The van der Waals surface area contributed by atoms with Gasteiger partial charge in [0.25, 0.3) is 0 Å². The number of carbonyl (C=O) groups excluding carboxylic acids is 2. The van der Waals surface area contributed by atoms with Crippen LogP contribution < -0.4 is 14.5 Å². The van der Waals surface area contributed by atoms with Crippen LogP contribution in [0.4, 0.5) is 20.6 Å². The summed E-state index contributed by atoms with van der Waals surface area (Å²) in [5.74, 6) is 0.324. The van der Waals surface area contributed by atoms with Crippen LogP contribution in [0.25, 0.3) is 0 Å². The fourth-order valence-corrected chi connectivity index (χ4v) is 3.93. The molecule has 2 fully saturated rings. The van der Waals surface area contributed by atoms with Crippen LogP contribution >= 0.6 is 0 Å². The molecule has 4 rings (SSSR count). The second-order valence-corrected chi connectivity index (χ2v) is 7.37. The molecule has 8 heteroatoms. The number of piperazine rings is 1. The van der Waals surface area contributed by atoms with E-state index in [2.05, 4.69) is 4.90 Å². The molecule has 0 saturated carbocycles. The average Bonchev–Trinajstić information content (AvgIpc) is 3.14. The molecule has 0 unspecified atom stereocenters. The van der Waals surface area contributed by atoms with Crippen LogP contribution in [0.2, 0.25) is 0 Å². The zero-order valence-corrected chi connectivity index (χ0v) is 17.0. The van der Waals surface area contributed by atoms with E-state index in [-0.39, 0.29) is 24.3 Å². The SMILES string of the molecule is COc1ccccc1N1CCN(CC(=O)N2CCN(c3ccc(F)cc3)CC2)C1=O. The predicted molar refractivity (Wildman–Crippen MR) is 113 cm³/mol. The van der Waals surface area contributed by atoms with E-state index in [1.165, 1.54) is 12.1 Å². The lowest BCUT2D eigenvalue weighted by atomic mass is 10.2. The van der Waals surface area contributed by atoms with E-state index in [1.807, 2.05) is 24.3 Å². The van der Waals surface area contributed by atoms with Gasteiger partial charge in [0.05, 0.1) is 12.8 Å². The quantitative estimate of drug-likeness (QED) is 0.757. The molecule has 2 heterocycles. The topological polar surface area (TPSA) is 56.3 Å². The van der Waals surface area contributed by atoms with Crippen molar-refractivity contribution in [3.05, 3.63) is 54.3 Å². The van der Waals surface area contributed by atoms with Gasteiger partial charge in [-0.3, -0.25) is 9.69 Å². The van der Waals surface area contributed by atoms with E-state index in [0.717, 1.165) is 5.69 Å². The van der Waals surface area contributed by atoms with Crippen molar-refractivity contribution < 1.29 is 18.7 Å². The molecule has 0 radical (unpaired) electrons. The molecular formula is C22H25FN4O3. The van der Waals surface area contributed by atoms with Crippen LogP contribution in [-0.4, -0.2) is 74.7 Å². The zero-order chi connectivity index (χ0) is 21.1. The first-order chi connectivity index (χ1) is 14.6. The first kappa shape index (κ1) is 20.0. The van der Waals surface area contributed by atoms with Crippen molar-refractivity contribution in [1.82, 2.24) is 9.80 Å². The number of nitrogens with zero attached hydrogens (tertiary/aromatic N) is 4. The summed E-state index contributed by atoms with van der Waals surface area (Å²) in [7, 11) is 1.58. The lowest BCUT2D eigenvalue weighted by molar-refractivity contribution is -0.131. The van der Waals surface area contributed by atoms with Gasteiger partial charge in [-0.05, 0) is 36.4 Å². The number of benzene rings is 2. The fraction of sp³-hybridized carbons (Fsp3) is 0.364. The Kier molecular flexibility index (Phi) is 5.74. The minimum absolute atomic E-state index is 0.0519. The lowest BCUT2D eigenvalue weighted by Gasteiger charge is -2.36. The maximum atomic E-state index is 13.1. The van der Waals surface area contributed by atoms with Crippen LogP contribution in [0.15, 0.2) is 48.5 Å². The number of amides is 3. The number of methoxy groups -OCH3 is 1. The second-order valence-electron chi connectivity index (χ2n) is 7.37. The Morgan fingerprint density at radius 3 is 2.37 bits per heavy atom. The highest BCUT2D eigenvalue weighted by atomic mass is 19.1. The molecule has 2 aliphatic heterocycles. The summed E-state index contributed by atoms with van der Waals surface area (Å²) in [6, 6.07) is 13.6. The van der Waals surface area contributed by atoms with Crippen molar-refractivity contribution in [3.63, 3.8) is 0 Å². The molecule has 0 atom stereocenters. The number of urea groups is 1. The monoisotopic (exact) mass is 412 g/mol. The number of carbonyl (C=O) groups is 2. The maximum absolute atomic E-state index is 13.1. The number of hydrogen-bond acceptors (Lipinski definition) is 4. The van der Waals surface area contributed by atoms with Gasteiger partial charge in [-0.2, -0.15) is 0 Å². The molecule has 0 aliphatic carbocycles. The molecule has 0 N–H and O–H groups in total. The molecule has 2 saturated heterocycles. The summed E-state index contributed by atoms with van der Waals surface area (Å²) in [5.41, 5.74) is 1.67. The van der Waals surface area contributed by atoms with Gasteiger partial charge >= 0.3 is 6.03 Å². The normalized spacial score (nSPS) is 16.9. The van der Waals surface area contributed by atoms with Gasteiger partial charge in [0.15, 0.2) is 0 Å². The molecule has 0 spiro atoms. The third-order valence-electron chi connectivity index (χ3n) is 5.62. The predicted octanol–water partition coefficient (Wildman–Crippen LogP) is 2.43. The van der Waals surface area contributed by atoms with E-state index >= 15 is 0 Å². The standard InChI is InChI=1S/C22H25FN4O3/c1-30-20-5-3-2-4-19(20)27-15-14-26(22(27)29)16-21(28)25-12-10-24(11-13-25)18-8-6-17(23)7-9-18/h2-9H,10-16H2,1H3. The molecule has 30 heavy (non-hydrogen) atoms. The Bertz CT molecular complexity index is 913. The van der Waals surface area contributed by atoms with E-state index in [9.17, 15) is 14.0 Å². The molecule has 7 nitrogen and oxygen atoms in total. The van der Waals surface area contributed by atoms with Gasteiger partial charge in [0.2, 0.25) is 5.91 Å². The molecule has 2 aromatic rings. The zero-order valence-electron chi connectivity index (χ0n) is 17.0. The Hall–Kier alpha value is -3.29. The van der Waals surface area contributed by atoms with Crippen molar-refractivity contribution in [3.8, 4) is 5.75 Å². The van der Waals surface area contributed by atoms with E-state index in [4.69, 9.17) is 4.74 Å². The lowest BCUT2D eigenvalue weighted by Crippen LogP contribution is -2.51. The largest absolute Gasteiger partial charge is 0.495 e. The highest BCUT2D eigenvalue weighted by Crippen LogP contribution is 2.30. The van der Waals surface area contributed by atoms with Gasteiger partial charge < -0.3 is 19.4 Å². The summed E-state index contributed by atoms with van der Waals surface area (Å²) < 4.78 is 18.5. The van der Waals surface area contributed by atoms with Gasteiger partial charge in [0, 0.05) is 45.0 Å². The van der Waals surface area contributed by atoms with Crippen LogP contribution in [0.5, 0.6) is 5.75 Å². The second kappa shape index (κ2) is 8.61. The number of ether oxygens (including phenoxy) is 1. The highest BCUT2D eigenvalue weighted by molar-refractivity contribution is 5.97. The molecular weight excluding hydrogens is 387 g/mol. The van der Waals surface area contributed by atoms with Crippen molar-refractivity contribution in [2.24, 2.45) is 0 Å². The third kappa shape index (κ3) is 4.03. The number of halogens is 1. The number of para-hydroxylation sites is 2. The van der Waals surface area contributed by atoms with Gasteiger partial charge in [0.1, 0.15) is 18.1 Å². The summed E-state index contributed by atoms with van der Waals surface area (Å²) in [4.78, 5) is 32.8.